The van der Waals surface area contributed by atoms with Gasteiger partial charge in [0.25, 0.3) is 0 Å². The summed E-state index contributed by atoms with van der Waals surface area (Å²) in [5.41, 5.74) is 3.47. The highest BCUT2D eigenvalue weighted by atomic mass is 16.5. The predicted molar refractivity (Wildman–Crippen MR) is 154 cm³/mol. The molecule has 0 amide bonds. The fourth-order valence-corrected chi connectivity index (χ4v) is 5.38. The second-order valence-corrected chi connectivity index (χ2v) is 9.61. The van der Waals surface area contributed by atoms with Crippen LogP contribution in [0.5, 0.6) is 11.5 Å². The second-order valence-electron chi connectivity index (χ2n) is 9.61. The van der Waals surface area contributed by atoms with Crippen LogP contribution in [0.15, 0.2) is 93.0 Å². The predicted octanol–water partition coefficient (Wildman–Crippen LogP) is 5.55. The Labute approximate surface area is 224 Å². The molecular formula is C32H28N2O5. The Balaban J connectivity index is 1.70. The molecule has 3 aromatic carbocycles. The van der Waals surface area contributed by atoms with Crippen molar-refractivity contribution in [3.8, 4) is 28.5 Å². The number of nitrogens with one attached hydrogen (secondary N) is 1. The van der Waals surface area contributed by atoms with Crippen LogP contribution in [-0.2, 0) is 0 Å². The summed E-state index contributed by atoms with van der Waals surface area (Å²) in [6, 6.07) is 20.4. The first-order chi connectivity index (χ1) is 19.0. The van der Waals surface area contributed by atoms with E-state index in [4.69, 9.17) is 13.9 Å². The van der Waals surface area contributed by atoms with Gasteiger partial charge in [0.2, 0.25) is 0 Å². The maximum absolute atomic E-state index is 13.8. The standard InChI is InChI=1S/C32H28N2O5/c1-19-15-20(13-14-33-19)29-27(37-2)17-28(38-3)30-25(35)16-26(39-32(29)30)23-18-34(21-9-5-4-6-10-21)24-12-8-7-11-22(24)31(23)36/h4-12,15-19,33H,13-14H2,1-3H3. The first-order valence-electron chi connectivity index (χ1n) is 12.9. The average molecular weight is 521 g/mol. The molecule has 0 radical (unpaired) electrons. The van der Waals surface area contributed by atoms with Gasteiger partial charge in [-0.3, -0.25) is 9.59 Å². The third-order valence-electron chi connectivity index (χ3n) is 7.21. The molecule has 0 saturated carbocycles. The molecule has 0 bridgehead atoms. The molecule has 0 spiro atoms. The van der Waals surface area contributed by atoms with Crippen molar-refractivity contribution in [2.45, 2.75) is 19.4 Å². The van der Waals surface area contributed by atoms with Crippen LogP contribution in [-0.4, -0.2) is 31.4 Å². The van der Waals surface area contributed by atoms with Crippen LogP contribution in [0.4, 0.5) is 0 Å². The first-order valence-corrected chi connectivity index (χ1v) is 12.9. The van der Waals surface area contributed by atoms with Gasteiger partial charge in [0.15, 0.2) is 16.4 Å². The topological polar surface area (TPSA) is 82.7 Å². The maximum atomic E-state index is 13.8. The number of methoxy groups -OCH3 is 2. The van der Waals surface area contributed by atoms with E-state index in [9.17, 15) is 9.59 Å². The van der Waals surface area contributed by atoms with Crippen molar-refractivity contribution >= 4 is 27.4 Å². The molecule has 1 atom stereocenters. The Kier molecular flexibility index (Phi) is 6.29. The van der Waals surface area contributed by atoms with E-state index < -0.39 is 0 Å². The number of rotatable bonds is 5. The number of para-hydroxylation sites is 2. The molecule has 1 N–H and O–H groups in total. The minimum absolute atomic E-state index is 0.143. The van der Waals surface area contributed by atoms with Crippen LogP contribution >= 0.6 is 0 Å². The Hall–Kier alpha value is -4.62. The van der Waals surface area contributed by atoms with E-state index in [1.807, 2.05) is 53.1 Å². The molecule has 0 aliphatic carbocycles. The molecule has 7 heteroatoms. The van der Waals surface area contributed by atoms with Gasteiger partial charge in [0.1, 0.15) is 22.6 Å². The van der Waals surface area contributed by atoms with E-state index in [1.54, 1.807) is 25.4 Å². The van der Waals surface area contributed by atoms with Crippen molar-refractivity contribution < 1.29 is 13.9 Å². The molecule has 6 rings (SSSR count). The molecule has 1 unspecified atom stereocenters. The molecule has 1 aliphatic heterocycles. The first kappa shape index (κ1) is 24.7. The van der Waals surface area contributed by atoms with Crippen LogP contribution in [0, 0.1) is 0 Å². The van der Waals surface area contributed by atoms with Crippen LogP contribution in [0.3, 0.4) is 0 Å². The highest BCUT2D eigenvalue weighted by Crippen LogP contribution is 2.41. The summed E-state index contributed by atoms with van der Waals surface area (Å²) >= 11 is 0. The number of hydrogen-bond donors (Lipinski definition) is 1. The molecule has 0 fully saturated rings. The zero-order valence-electron chi connectivity index (χ0n) is 22.0. The van der Waals surface area contributed by atoms with Crippen LogP contribution < -0.4 is 25.6 Å². The van der Waals surface area contributed by atoms with Crippen molar-refractivity contribution in [1.82, 2.24) is 9.88 Å². The lowest BCUT2D eigenvalue weighted by atomic mass is 9.94. The lowest BCUT2D eigenvalue weighted by molar-refractivity contribution is 0.395. The van der Waals surface area contributed by atoms with Crippen molar-refractivity contribution in [2.75, 3.05) is 20.8 Å². The molecule has 7 nitrogen and oxygen atoms in total. The maximum Gasteiger partial charge on any atom is 0.200 e. The van der Waals surface area contributed by atoms with Gasteiger partial charge in [-0.2, -0.15) is 0 Å². The van der Waals surface area contributed by atoms with Gasteiger partial charge in [-0.1, -0.05) is 36.4 Å². The highest BCUT2D eigenvalue weighted by Gasteiger charge is 2.25. The second kappa shape index (κ2) is 9.93. The monoisotopic (exact) mass is 520 g/mol. The molecule has 196 valence electrons. The van der Waals surface area contributed by atoms with Gasteiger partial charge in [-0.15, -0.1) is 0 Å². The number of fused-ring (bicyclic) bond motifs is 2. The Bertz CT molecular complexity index is 1870. The van der Waals surface area contributed by atoms with Crippen molar-refractivity contribution in [3.63, 3.8) is 0 Å². The molecule has 3 heterocycles. The largest absolute Gasteiger partial charge is 0.496 e. The number of aromatic nitrogens is 1. The third kappa shape index (κ3) is 4.21. The summed E-state index contributed by atoms with van der Waals surface area (Å²) in [6.07, 6.45) is 4.58. The zero-order chi connectivity index (χ0) is 27.1. The van der Waals surface area contributed by atoms with E-state index in [0.29, 0.717) is 33.4 Å². The third-order valence-corrected chi connectivity index (χ3v) is 7.21. The van der Waals surface area contributed by atoms with Crippen LogP contribution in [0.2, 0.25) is 0 Å². The summed E-state index contributed by atoms with van der Waals surface area (Å²) in [7, 11) is 3.09. The quantitative estimate of drug-likeness (QED) is 0.327. The van der Waals surface area contributed by atoms with Gasteiger partial charge < -0.3 is 23.8 Å². The van der Waals surface area contributed by atoms with E-state index in [2.05, 4.69) is 18.3 Å². The highest BCUT2D eigenvalue weighted by molar-refractivity contribution is 5.97. The summed E-state index contributed by atoms with van der Waals surface area (Å²) < 4.78 is 19.8. The normalized spacial score (nSPS) is 15.4. The van der Waals surface area contributed by atoms with Gasteiger partial charge in [0.05, 0.1) is 30.9 Å². The fourth-order valence-electron chi connectivity index (χ4n) is 5.38. The average Bonchev–Trinajstić information content (AvgIpc) is 2.97. The SMILES string of the molecule is COc1cc(OC)c2c(=O)cc(-c3cn(-c4ccccc4)c4ccccc4c3=O)oc2c1C1=CC(C)NCC1. The molecule has 2 aromatic heterocycles. The van der Waals surface area contributed by atoms with E-state index in [-0.39, 0.29) is 28.2 Å². The molecule has 39 heavy (non-hydrogen) atoms. The number of hydrogen-bond acceptors (Lipinski definition) is 6. The van der Waals surface area contributed by atoms with E-state index in [1.165, 1.54) is 13.2 Å². The smallest absolute Gasteiger partial charge is 0.200 e. The summed E-state index contributed by atoms with van der Waals surface area (Å²) in [4.78, 5) is 27.5. The van der Waals surface area contributed by atoms with E-state index in [0.717, 1.165) is 29.7 Å². The molecule has 5 aromatic rings. The van der Waals surface area contributed by atoms with Gasteiger partial charge >= 0.3 is 0 Å². The summed E-state index contributed by atoms with van der Waals surface area (Å²) in [5.74, 6) is 1.08. The lowest BCUT2D eigenvalue weighted by Gasteiger charge is -2.22. The van der Waals surface area contributed by atoms with Crippen molar-refractivity contribution in [1.29, 1.82) is 0 Å². The number of nitrogens with zero attached hydrogens (tertiary/aromatic N) is 1. The van der Waals surface area contributed by atoms with Gasteiger partial charge in [-0.25, -0.2) is 0 Å². The number of benzene rings is 3. The molecule has 1 aliphatic rings. The Morgan fingerprint density at radius 1 is 0.949 bits per heavy atom. The number of ether oxygens (including phenoxy) is 2. The molecular weight excluding hydrogens is 492 g/mol. The van der Waals surface area contributed by atoms with Crippen molar-refractivity contribution in [3.05, 3.63) is 105 Å². The summed E-state index contributed by atoms with van der Waals surface area (Å²) in [5, 5.41) is 4.25. The fraction of sp³-hybridized carbons (Fsp3) is 0.188. The zero-order valence-corrected chi connectivity index (χ0v) is 22.0. The van der Waals surface area contributed by atoms with Gasteiger partial charge in [0, 0.05) is 35.4 Å². The number of pyridine rings is 1. The van der Waals surface area contributed by atoms with Gasteiger partial charge in [-0.05, 0) is 49.7 Å². The van der Waals surface area contributed by atoms with Crippen molar-refractivity contribution in [2.24, 2.45) is 0 Å². The minimum Gasteiger partial charge on any atom is -0.496 e. The van der Waals surface area contributed by atoms with Crippen LogP contribution in [0.25, 0.3) is 44.5 Å². The van der Waals surface area contributed by atoms with Crippen LogP contribution in [0.1, 0.15) is 18.9 Å². The van der Waals surface area contributed by atoms with E-state index >= 15 is 0 Å². The minimum atomic E-state index is -0.298. The Morgan fingerprint density at radius 3 is 2.44 bits per heavy atom. The molecule has 0 saturated heterocycles. The summed E-state index contributed by atoms with van der Waals surface area (Å²) in [6.45, 7) is 2.85. The lowest BCUT2D eigenvalue weighted by Crippen LogP contribution is -2.29. The Morgan fingerprint density at radius 2 is 1.69 bits per heavy atom.